The Hall–Kier alpha value is -0.962. The van der Waals surface area contributed by atoms with Crippen LogP contribution in [0.4, 0.5) is 0 Å². The molecule has 416 valence electrons. The van der Waals surface area contributed by atoms with Gasteiger partial charge in [-0.25, -0.2) is 0 Å². The maximum absolute atomic E-state index is 12.5. The maximum atomic E-state index is 12.5. The van der Waals surface area contributed by atoms with E-state index < -0.39 is 62.6 Å². The van der Waals surface area contributed by atoms with Gasteiger partial charge in [-0.15, -0.1) is 0 Å². The van der Waals surface area contributed by atoms with Crippen molar-refractivity contribution in [1.82, 2.24) is 19.9 Å². The molecule has 0 fully saturated rings. The van der Waals surface area contributed by atoms with Crippen LogP contribution in [0.1, 0.15) is 106 Å². The van der Waals surface area contributed by atoms with Gasteiger partial charge < -0.3 is 88.0 Å². The predicted molar refractivity (Wildman–Crippen MR) is 234 cm³/mol. The maximum Gasteiger partial charge on any atom is 2.00 e. The largest absolute Gasteiger partial charge is 2.00 e. The third kappa shape index (κ3) is 31.0. The van der Waals surface area contributed by atoms with Gasteiger partial charge in [0, 0.05) is 49.3 Å². The number of aromatic nitrogens is 4. The van der Waals surface area contributed by atoms with Crippen molar-refractivity contribution in [1.29, 1.82) is 0 Å². The zero-order valence-electron chi connectivity index (χ0n) is 40.6. The summed E-state index contributed by atoms with van der Waals surface area (Å²) in [5.74, 6) is -3.69. The van der Waals surface area contributed by atoms with E-state index in [4.69, 9.17) is 19.3 Å². The van der Waals surface area contributed by atoms with E-state index in [1.165, 1.54) is 97.3 Å². The molecular formula is C40H64Cu4N4O18P4. The summed E-state index contributed by atoms with van der Waals surface area (Å²) in [6.07, 6.45) is 6.24. The van der Waals surface area contributed by atoms with Gasteiger partial charge in [-0.2, -0.15) is 0 Å². The molecule has 4 aromatic rings. The van der Waals surface area contributed by atoms with Gasteiger partial charge in [-0.3, -0.25) is 19.9 Å². The molecule has 2 unspecified atom stereocenters. The smallest absolute Gasteiger partial charge is 0.819 e. The number of methoxy groups -OCH3 is 2. The molecule has 0 aliphatic carbocycles. The van der Waals surface area contributed by atoms with Crippen LogP contribution >= 0.6 is 30.4 Å². The van der Waals surface area contributed by atoms with Crippen LogP contribution in [-0.4, -0.2) is 75.5 Å². The quantitative estimate of drug-likeness (QED) is 0.143. The summed E-state index contributed by atoms with van der Waals surface area (Å²) in [4.78, 5) is 93.8. The first-order valence-corrected chi connectivity index (χ1v) is 25.1. The normalized spacial score (nSPS) is 13.0. The van der Waals surface area contributed by atoms with E-state index in [1.807, 2.05) is 0 Å². The molecule has 0 saturated heterocycles. The Morgan fingerprint density at radius 2 is 0.543 bits per heavy atom. The Kier molecular flexibility index (Phi) is 43.3. The van der Waals surface area contributed by atoms with E-state index >= 15 is 0 Å². The van der Waals surface area contributed by atoms with Crippen molar-refractivity contribution >= 4 is 30.4 Å². The Bertz CT molecular complexity index is 1840. The minimum Gasteiger partial charge on any atom is -0.819 e. The first kappa shape index (κ1) is 85.8. The molecule has 4 aromatic heterocycles. The van der Waals surface area contributed by atoms with Crippen molar-refractivity contribution in [3.8, 4) is 0 Å². The molecule has 2 atom stereocenters. The van der Waals surface area contributed by atoms with Crippen LogP contribution in [0.2, 0.25) is 0 Å². The van der Waals surface area contributed by atoms with Gasteiger partial charge in [0.15, 0.2) is 0 Å². The van der Waals surface area contributed by atoms with Crippen molar-refractivity contribution < 1.29 is 156 Å². The summed E-state index contributed by atoms with van der Waals surface area (Å²) >= 11 is 0. The van der Waals surface area contributed by atoms with E-state index in [-0.39, 0.29) is 79.2 Å². The van der Waals surface area contributed by atoms with Gasteiger partial charge in [0.1, 0.15) is 15.2 Å². The minimum absolute atomic E-state index is 0. The number of rotatable bonds is 6. The Morgan fingerprint density at radius 1 is 0.400 bits per heavy atom. The Labute approximate surface area is 453 Å². The summed E-state index contributed by atoms with van der Waals surface area (Å²) in [5.41, 5.74) is 1.21. The third-order valence-electron chi connectivity index (χ3n) is 7.92. The first-order chi connectivity index (χ1) is 28.5. The van der Waals surface area contributed by atoms with E-state index in [0.29, 0.717) is 22.8 Å². The second kappa shape index (κ2) is 35.3. The molecule has 22 nitrogen and oxygen atoms in total. The van der Waals surface area contributed by atoms with E-state index in [0.717, 1.165) is 0 Å². The van der Waals surface area contributed by atoms with E-state index in [9.17, 15) is 57.8 Å². The van der Waals surface area contributed by atoms with Gasteiger partial charge in [0.05, 0.1) is 34.3 Å². The van der Waals surface area contributed by atoms with Gasteiger partial charge in [0.2, 0.25) is 0 Å². The molecule has 0 bridgehead atoms. The van der Waals surface area contributed by atoms with Crippen molar-refractivity contribution in [2.75, 3.05) is 14.2 Å². The molecule has 0 aliphatic rings. The molecule has 0 amide bonds. The van der Waals surface area contributed by atoms with Crippen LogP contribution in [0.3, 0.4) is 0 Å². The van der Waals surface area contributed by atoms with Crippen LogP contribution < -0.4 is 39.6 Å². The van der Waals surface area contributed by atoms with Crippen LogP contribution in [0.25, 0.3) is 0 Å². The molecule has 0 aliphatic heterocycles. The molecule has 4 heterocycles. The third-order valence-corrected chi connectivity index (χ3v) is 14.6. The van der Waals surface area contributed by atoms with Crippen molar-refractivity contribution in [3.05, 3.63) is 120 Å². The second-order valence-electron chi connectivity index (χ2n) is 17.2. The SMILES string of the molecule is CC(C)(C)P(=O)([O-])O.CC(C)(C)P(=O)([O-])O.CC(C)(C)P(=O)([O-])[O-].CC(C)(C)P(=O)([O-])[O-].COC([O-])(c1ccccn1)c1ccccn1.COC([O-])(c1ccccn1)c1ccccn1.O.O.[Cu+2].[Cu+2].[Cu+2].[Cu+2]. The molecule has 0 aromatic carbocycles. The topological polar surface area (TPSA) is 426 Å². The van der Waals surface area contributed by atoms with E-state index in [1.54, 1.807) is 97.6 Å². The number of hydrogen-bond donors (Lipinski definition) is 2. The molecule has 30 heteroatoms. The van der Waals surface area contributed by atoms with Crippen molar-refractivity contribution in [2.24, 2.45) is 0 Å². The van der Waals surface area contributed by atoms with Crippen LogP contribution in [0, 0.1) is 0 Å². The molecule has 70 heavy (non-hydrogen) atoms. The number of nitrogens with zero attached hydrogens (tertiary/aromatic N) is 4. The van der Waals surface area contributed by atoms with Crippen molar-refractivity contribution in [2.45, 2.75) is 115 Å². The Balaban J connectivity index is -0.000000112. The van der Waals surface area contributed by atoms with Gasteiger partial charge in [0.25, 0.3) is 0 Å². The second-order valence-corrected chi connectivity index (χ2v) is 26.7. The fourth-order valence-electron chi connectivity index (χ4n) is 2.91. The summed E-state index contributed by atoms with van der Waals surface area (Å²) in [6, 6.07) is 20.5. The molecule has 6 N–H and O–H groups in total. The van der Waals surface area contributed by atoms with Crippen LogP contribution in [-0.2, 0) is 108 Å². The van der Waals surface area contributed by atoms with Crippen LogP contribution in [0.15, 0.2) is 97.6 Å². The molecule has 4 rings (SSSR count). The Morgan fingerprint density at radius 3 is 0.614 bits per heavy atom. The average Bonchev–Trinajstić information content (AvgIpc) is 3.17. The molecule has 4 radical (unpaired) electrons. The standard InChI is InChI=1S/2C12H11N2O2.4C4H11O3P.4Cu.2H2O/c2*1-16-12(15,10-6-2-4-8-13-10)11-7-3-5-9-14-11;4*1-4(2,3)8(5,6)7;;;;;;/h2*2-9H,1H3;4*1-3H3,(H2,5,6,7);;;;;2*1H2/q2*-1;;;;;4*+2;;/p-6. The first-order valence-electron chi connectivity index (χ1n) is 18.8. The van der Waals surface area contributed by atoms with Gasteiger partial charge in [-0.05, 0) is 58.8 Å². The number of hydrogen-bond acceptors (Lipinski definition) is 18. The molecule has 0 saturated carbocycles. The van der Waals surface area contributed by atoms with Crippen LogP contribution in [0.5, 0.6) is 0 Å². The minimum atomic E-state index is -4.35. The number of ether oxygens (including phenoxy) is 2. The summed E-state index contributed by atoms with van der Waals surface area (Å²) in [7, 11) is -14.2. The van der Waals surface area contributed by atoms with Gasteiger partial charge >= 0.3 is 68.3 Å². The summed E-state index contributed by atoms with van der Waals surface area (Å²) < 4.78 is 50.8. The fraction of sp³-hybridized carbons (Fsp3) is 0.500. The summed E-state index contributed by atoms with van der Waals surface area (Å²) in [5, 5.41) is 20.8. The zero-order valence-corrected chi connectivity index (χ0v) is 48.0. The zero-order chi connectivity index (χ0) is 50.9. The molecule has 0 spiro atoms. The van der Waals surface area contributed by atoms with E-state index in [2.05, 4.69) is 19.9 Å². The molecular weight excluding hydrogens is 1200 g/mol. The van der Waals surface area contributed by atoms with Crippen molar-refractivity contribution in [3.63, 3.8) is 0 Å². The predicted octanol–water partition coefficient (Wildman–Crippen LogP) is -0.232. The summed E-state index contributed by atoms with van der Waals surface area (Å²) in [6.45, 7) is 17.0. The fourth-order valence-corrected chi connectivity index (χ4v) is 2.91. The average molecular weight is 1270 g/mol. The van der Waals surface area contributed by atoms with Gasteiger partial charge in [-0.1, -0.05) is 123 Å². The monoisotopic (exact) mass is 1260 g/mol. The number of pyridine rings is 4.